The number of non-ortho nitro benzene ring substituents is 1. The number of nitro benzene ring substituents is 1. The van der Waals surface area contributed by atoms with Crippen LogP contribution in [0.5, 0.6) is 11.5 Å². The third kappa shape index (κ3) is 3.73. The summed E-state index contributed by atoms with van der Waals surface area (Å²) in [4.78, 5) is 45.4. The first-order valence-electron chi connectivity index (χ1n) is 7.99. The molecule has 0 aliphatic rings. The SMILES string of the molecule is CC(=O)Oc1ccc2cc(-c3ccc([N+](=O)[O-])cc3)c(=O)oc2c1OC(C)=O. The largest absolute Gasteiger partial charge is 0.423 e. The number of ether oxygens (including phenoxy) is 2. The Morgan fingerprint density at radius 1 is 1.00 bits per heavy atom. The van der Waals surface area contributed by atoms with Gasteiger partial charge in [-0.25, -0.2) is 4.79 Å². The molecule has 0 unspecified atom stereocenters. The molecule has 0 fully saturated rings. The molecule has 0 bridgehead atoms. The minimum absolute atomic E-state index is 0.0652. The fourth-order valence-corrected chi connectivity index (χ4v) is 2.58. The van der Waals surface area contributed by atoms with Gasteiger partial charge in [-0.1, -0.05) is 0 Å². The molecule has 0 spiro atoms. The maximum absolute atomic E-state index is 12.5. The van der Waals surface area contributed by atoms with Crippen LogP contribution in [0.4, 0.5) is 5.69 Å². The maximum Gasteiger partial charge on any atom is 0.344 e. The Labute approximate surface area is 157 Å². The Balaban J connectivity index is 2.18. The molecule has 0 N–H and O–H groups in total. The molecule has 28 heavy (non-hydrogen) atoms. The normalized spacial score (nSPS) is 10.5. The summed E-state index contributed by atoms with van der Waals surface area (Å²) >= 11 is 0. The topological polar surface area (TPSA) is 126 Å². The number of rotatable bonds is 4. The van der Waals surface area contributed by atoms with Crippen molar-refractivity contribution in [2.24, 2.45) is 0 Å². The molecule has 0 saturated heterocycles. The van der Waals surface area contributed by atoms with Crippen molar-refractivity contribution in [3.05, 3.63) is 63.0 Å². The molecule has 3 rings (SSSR count). The third-order valence-electron chi connectivity index (χ3n) is 3.71. The highest BCUT2D eigenvalue weighted by molar-refractivity contribution is 5.91. The summed E-state index contributed by atoms with van der Waals surface area (Å²) in [6.45, 7) is 2.33. The molecule has 0 saturated carbocycles. The Morgan fingerprint density at radius 2 is 1.64 bits per heavy atom. The predicted octanol–water partition coefficient (Wildman–Crippen LogP) is 3.22. The average Bonchev–Trinajstić information content (AvgIpc) is 2.63. The van der Waals surface area contributed by atoms with Crippen LogP contribution in [0, 0.1) is 10.1 Å². The van der Waals surface area contributed by atoms with Gasteiger partial charge < -0.3 is 13.9 Å². The maximum atomic E-state index is 12.5. The zero-order valence-electron chi connectivity index (χ0n) is 14.8. The van der Waals surface area contributed by atoms with E-state index in [1.54, 1.807) is 0 Å². The van der Waals surface area contributed by atoms with Crippen LogP contribution in [-0.2, 0) is 9.59 Å². The standard InChI is InChI=1S/C19H13NO8/c1-10(21)26-16-8-5-13-9-15(12-3-6-14(7-4-12)20(24)25)19(23)28-17(13)18(16)27-11(2)22/h3-9H,1-2H3. The minimum atomic E-state index is -0.755. The van der Waals surface area contributed by atoms with Crippen LogP contribution in [0.25, 0.3) is 22.1 Å². The third-order valence-corrected chi connectivity index (χ3v) is 3.71. The van der Waals surface area contributed by atoms with Gasteiger partial charge in [-0.2, -0.15) is 0 Å². The molecule has 3 aromatic rings. The lowest BCUT2D eigenvalue weighted by Crippen LogP contribution is -2.09. The summed E-state index contributed by atoms with van der Waals surface area (Å²) in [6, 6.07) is 9.82. The lowest BCUT2D eigenvalue weighted by atomic mass is 10.1. The predicted molar refractivity (Wildman–Crippen MR) is 97.2 cm³/mol. The van der Waals surface area contributed by atoms with Gasteiger partial charge in [0.05, 0.1) is 10.5 Å². The summed E-state index contributed by atoms with van der Waals surface area (Å²) in [5.74, 6) is -1.59. The second kappa shape index (κ2) is 7.31. The van der Waals surface area contributed by atoms with E-state index in [9.17, 15) is 24.5 Å². The van der Waals surface area contributed by atoms with E-state index in [1.807, 2.05) is 0 Å². The van der Waals surface area contributed by atoms with Gasteiger partial charge in [-0.3, -0.25) is 19.7 Å². The molecule has 0 amide bonds. The fraction of sp³-hybridized carbons (Fsp3) is 0.105. The first kappa shape index (κ1) is 18.8. The van der Waals surface area contributed by atoms with Crippen molar-refractivity contribution >= 4 is 28.6 Å². The van der Waals surface area contributed by atoms with E-state index in [0.717, 1.165) is 6.92 Å². The highest BCUT2D eigenvalue weighted by Gasteiger charge is 2.19. The van der Waals surface area contributed by atoms with Crippen molar-refractivity contribution in [1.29, 1.82) is 0 Å². The number of benzene rings is 2. The summed E-state index contributed by atoms with van der Waals surface area (Å²) in [5.41, 5.74) is -0.354. The van der Waals surface area contributed by atoms with E-state index < -0.39 is 22.5 Å². The van der Waals surface area contributed by atoms with Crippen LogP contribution in [0.2, 0.25) is 0 Å². The van der Waals surface area contributed by atoms with Crippen molar-refractivity contribution in [2.75, 3.05) is 0 Å². The molecule has 9 heteroatoms. The first-order chi connectivity index (χ1) is 13.3. The van der Waals surface area contributed by atoms with E-state index in [4.69, 9.17) is 13.9 Å². The van der Waals surface area contributed by atoms with Gasteiger partial charge in [0, 0.05) is 31.4 Å². The molecular weight excluding hydrogens is 370 g/mol. The highest BCUT2D eigenvalue weighted by atomic mass is 16.6. The fourth-order valence-electron chi connectivity index (χ4n) is 2.58. The van der Waals surface area contributed by atoms with Crippen LogP contribution >= 0.6 is 0 Å². The van der Waals surface area contributed by atoms with Gasteiger partial charge in [-0.05, 0) is 35.9 Å². The zero-order chi connectivity index (χ0) is 20.4. The number of fused-ring (bicyclic) bond motifs is 1. The number of carbonyl (C=O) groups excluding carboxylic acids is 2. The van der Waals surface area contributed by atoms with E-state index in [0.29, 0.717) is 10.9 Å². The van der Waals surface area contributed by atoms with E-state index in [1.165, 1.54) is 49.4 Å². The molecule has 0 atom stereocenters. The van der Waals surface area contributed by atoms with Gasteiger partial charge >= 0.3 is 17.6 Å². The van der Waals surface area contributed by atoms with E-state index in [-0.39, 0.29) is 28.3 Å². The molecule has 142 valence electrons. The van der Waals surface area contributed by atoms with Crippen LogP contribution < -0.4 is 15.1 Å². The lowest BCUT2D eigenvalue weighted by molar-refractivity contribution is -0.384. The van der Waals surface area contributed by atoms with Gasteiger partial charge in [0.2, 0.25) is 5.75 Å². The quantitative estimate of drug-likeness (QED) is 0.221. The number of hydrogen-bond acceptors (Lipinski definition) is 8. The van der Waals surface area contributed by atoms with Crippen LogP contribution in [0.1, 0.15) is 13.8 Å². The molecule has 0 aliphatic heterocycles. The Bertz CT molecular complexity index is 1160. The van der Waals surface area contributed by atoms with Gasteiger partial charge in [-0.15, -0.1) is 0 Å². The van der Waals surface area contributed by atoms with Crippen molar-refractivity contribution in [3.63, 3.8) is 0 Å². The number of esters is 2. The number of carbonyl (C=O) groups is 2. The molecule has 1 heterocycles. The molecule has 1 aromatic heterocycles. The van der Waals surface area contributed by atoms with Crippen molar-refractivity contribution in [1.82, 2.24) is 0 Å². The van der Waals surface area contributed by atoms with Crippen molar-refractivity contribution in [3.8, 4) is 22.6 Å². The van der Waals surface area contributed by atoms with Gasteiger partial charge in [0.15, 0.2) is 11.3 Å². The molecule has 0 aliphatic carbocycles. The zero-order valence-corrected chi connectivity index (χ0v) is 14.8. The van der Waals surface area contributed by atoms with E-state index >= 15 is 0 Å². The minimum Gasteiger partial charge on any atom is -0.423 e. The molecule has 0 radical (unpaired) electrons. The summed E-state index contributed by atoms with van der Waals surface area (Å²) in [6.07, 6.45) is 0. The van der Waals surface area contributed by atoms with Crippen molar-refractivity contribution in [2.45, 2.75) is 13.8 Å². The molecule has 2 aromatic carbocycles. The van der Waals surface area contributed by atoms with Crippen LogP contribution in [0.15, 0.2) is 51.7 Å². The highest BCUT2D eigenvalue weighted by Crippen LogP contribution is 2.36. The Kier molecular flexibility index (Phi) is 4.90. The lowest BCUT2D eigenvalue weighted by Gasteiger charge is -2.11. The van der Waals surface area contributed by atoms with Crippen molar-refractivity contribution < 1.29 is 28.4 Å². The molecular formula is C19H13NO8. The number of hydrogen-bond donors (Lipinski definition) is 0. The summed E-state index contributed by atoms with van der Waals surface area (Å²) in [5, 5.41) is 11.2. The number of nitro groups is 1. The molecule has 9 nitrogen and oxygen atoms in total. The summed E-state index contributed by atoms with van der Waals surface area (Å²) in [7, 11) is 0. The Hall–Kier alpha value is -4.01. The second-order valence-corrected chi connectivity index (χ2v) is 5.75. The monoisotopic (exact) mass is 383 g/mol. The summed E-state index contributed by atoms with van der Waals surface area (Å²) < 4.78 is 15.4. The number of nitrogens with zero attached hydrogens (tertiary/aromatic N) is 1. The van der Waals surface area contributed by atoms with E-state index in [2.05, 4.69) is 0 Å². The van der Waals surface area contributed by atoms with Crippen LogP contribution in [-0.4, -0.2) is 16.9 Å². The smallest absolute Gasteiger partial charge is 0.344 e. The van der Waals surface area contributed by atoms with Gasteiger partial charge in [0.25, 0.3) is 5.69 Å². The first-order valence-corrected chi connectivity index (χ1v) is 7.99. The van der Waals surface area contributed by atoms with Crippen LogP contribution in [0.3, 0.4) is 0 Å². The Morgan fingerprint density at radius 3 is 2.21 bits per heavy atom. The second-order valence-electron chi connectivity index (χ2n) is 5.75. The van der Waals surface area contributed by atoms with Gasteiger partial charge in [0.1, 0.15) is 0 Å². The average molecular weight is 383 g/mol.